The number of hydrogen-bond acceptors (Lipinski definition) is 4. The largest absolute Gasteiger partial charge is 0.497 e. The Labute approximate surface area is 188 Å². The Kier molecular flexibility index (Phi) is 7.02. The summed E-state index contributed by atoms with van der Waals surface area (Å²) in [5, 5.41) is 7.10. The third-order valence-corrected chi connectivity index (χ3v) is 5.45. The van der Waals surface area contributed by atoms with Gasteiger partial charge in [-0.25, -0.2) is 9.97 Å². The van der Waals surface area contributed by atoms with Crippen LogP contribution in [0.3, 0.4) is 0 Å². The van der Waals surface area contributed by atoms with Crippen molar-refractivity contribution >= 4 is 22.7 Å². The molecule has 0 saturated heterocycles. The van der Waals surface area contributed by atoms with E-state index in [2.05, 4.69) is 57.0 Å². The summed E-state index contributed by atoms with van der Waals surface area (Å²) in [6, 6.07) is 24.6. The second-order valence-corrected chi connectivity index (χ2v) is 7.60. The van der Waals surface area contributed by atoms with Crippen LogP contribution in [0.25, 0.3) is 11.0 Å². The molecule has 32 heavy (non-hydrogen) atoms. The monoisotopic (exact) mass is 430 g/mol. The summed E-state index contributed by atoms with van der Waals surface area (Å²) in [5.74, 6) is 3.66. The molecule has 3 aromatic carbocycles. The van der Waals surface area contributed by atoms with Gasteiger partial charge >= 0.3 is 11.6 Å². The molecule has 4 N–H and O–H groups in total. The lowest BCUT2D eigenvalue weighted by Gasteiger charge is -2.06. The molecule has 0 atom stereocenters. The highest BCUT2D eigenvalue weighted by molar-refractivity contribution is 5.69. The Morgan fingerprint density at radius 3 is 1.38 bits per heavy atom. The van der Waals surface area contributed by atoms with Crippen LogP contribution in [0.2, 0.25) is 0 Å². The molecule has 0 bridgehead atoms. The first-order valence-electron chi connectivity index (χ1n) is 10.9. The molecule has 1 aromatic heterocycles. The molecule has 0 spiro atoms. The Hall–Kier alpha value is -3.80. The van der Waals surface area contributed by atoms with Gasteiger partial charge in [0.25, 0.3) is 0 Å². The quantitative estimate of drug-likeness (QED) is 0.402. The van der Waals surface area contributed by atoms with E-state index in [4.69, 9.17) is 9.47 Å². The van der Waals surface area contributed by atoms with Gasteiger partial charge in [0.15, 0.2) is 11.0 Å². The number of methoxy groups -OCH3 is 2. The summed E-state index contributed by atoms with van der Waals surface area (Å²) in [4.78, 5) is 7.04. The maximum atomic E-state index is 5.24. The molecule has 164 valence electrons. The number of aromatic nitrogens is 2. The van der Waals surface area contributed by atoms with Crippen molar-refractivity contribution in [3.63, 3.8) is 0 Å². The molecule has 0 aliphatic carbocycles. The van der Waals surface area contributed by atoms with Crippen LogP contribution in [0, 0.1) is 0 Å². The Balaban J connectivity index is 1.42. The minimum atomic E-state index is 0.808. The maximum Gasteiger partial charge on any atom is 0.363 e. The van der Waals surface area contributed by atoms with Crippen LogP contribution in [0.5, 0.6) is 11.5 Å². The number of aromatic amines is 2. The average molecular weight is 431 g/mol. The molecule has 0 radical (unpaired) electrons. The molecule has 1 heterocycles. The minimum Gasteiger partial charge on any atom is -0.497 e. The molecule has 0 saturated carbocycles. The zero-order valence-corrected chi connectivity index (χ0v) is 18.6. The topological polar surface area (TPSA) is 70.8 Å². The third kappa shape index (κ3) is 5.46. The number of fused-ring (bicyclic) bond motifs is 1. The number of H-pyrrole nitrogens is 2. The summed E-state index contributed by atoms with van der Waals surface area (Å²) >= 11 is 0. The SMILES string of the molecule is COc1ccc(CCNc2[nH+]c3ccccc3[nH+]c2NCCc2ccc(OC)cc2)cc1. The first kappa shape index (κ1) is 21.4. The van der Waals surface area contributed by atoms with E-state index < -0.39 is 0 Å². The smallest absolute Gasteiger partial charge is 0.363 e. The van der Waals surface area contributed by atoms with Crippen LogP contribution < -0.4 is 30.1 Å². The zero-order valence-electron chi connectivity index (χ0n) is 18.6. The number of ether oxygens (including phenoxy) is 2. The fourth-order valence-corrected chi connectivity index (χ4v) is 3.61. The second-order valence-electron chi connectivity index (χ2n) is 7.60. The van der Waals surface area contributed by atoms with E-state index in [9.17, 15) is 0 Å². The van der Waals surface area contributed by atoms with Crippen LogP contribution in [-0.2, 0) is 12.8 Å². The van der Waals surface area contributed by atoms with E-state index in [1.807, 2.05) is 36.4 Å². The zero-order chi connectivity index (χ0) is 22.2. The van der Waals surface area contributed by atoms with Crippen LogP contribution in [0.15, 0.2) is 72.8 Å². The first-order valence-corrected chi connectivity index (χ1v) is 10.9. The van der Waals surface area contributed by atoms with E-state index in [0.717, 1.165) is 60.1 Å². The van der Waals surface area contributed by atoms with Gasteiger partial charge in [-0.15, -0.1) is 0 Å². The standard InChI is InChI=1S/C26H28N4O2/c1-31-21-11-7-19(8-12-21)15-17-27-25-26(30-24-6-4-3-5-23(24)29-25)28-18-16-20-9-13-22(32-2)14-10-20/h3-14H,15-18H2,1-2H3,(H,27,29)(H,28,30)/p+2. The maximum absolute atomic E-state index is 5.24. The van der Waals surface area contributed by atoms with Gasteiger partial charge in [0.2, 0.25) is 0 Å². The highest BCUT2D eigenvalue weighted by Gasteiger charge is 2.19. The van der Waals surface area contributed by atoms with Crippen molar-refractivity contribution in [2.24, 2.45) is 0 Å². The molecule has 4 aromatic rings. The van der Waals surface area contributed by atoms with Gasteiger partial charge in [0.05, 0.1) is 27.3 Å². The normalized spacial score (nSPS) is 10.7. The molecular formula is C26H30N4O2+2. The number of nitrogens with one attached hydrogen (secondary N) is 4. The predicted molar refractivity (Wildman–Crippen MR) is 127 cm³/mol. The molecule has 0 aliphatic rings. The van der Waals surface area contributed by atoms with Crippen molar-refractivity contribution in [3.8, 4) is 11.5 Å². The first-order chi connectivity index (χ1) is 15.7. The van der Waals surface area contributed by atoms with Crippen molar-refractivity contribution in [3.05, 3.63) is 83.9 Å². The van der Waals surface area contributed by atoms with Crippen molar-refractivity contribution in [1.82, 2.24) is 0 Å². The number of hydrogen-bond donors (Lipinski definition) is 2. The summed E-state index contributed by atoms with van der Waals surface area (Å²) in [6.45, 7) is 1.62. The van der Waals surface area contributed by atoms with Gasteiger partial charge in [0, 0.05) is 12.8 Å². The lowest BCUT2D eigenvalue weighted by Crippen LogP contribution is -2.27. The number of benzene rings is 3. The van der Waals surface area contributed by atoms with Gasteiger partial charge in [-0.05, 0) is 47.5 Å². The van der Waals surface area contributed by atoms with Gasteiger partial charge in [-0.3, -0.25) is 10.6 Å². The fourth-order valence-electron chi connectivity index (χ4n) is 3.61. The number of rotatable bonds is 10. The van der Waals surface area contributed by atoms with Crippen LogP contribution in [0.4, 0.5) is 11.6 Å². The molecule has 0 fully saturated rings. The van der Waals surface area contributed by atoms with Crippen molar-refractivity contribution in [2.45, 2.75) is 12.8 Å². The van der Waals surface area contributed by atoms with Crippen molar-refractivity contribution in [1.29, 1.82) is 0 Å². The van der Waals surface area contributed by atoms with E-state index in [-0.39, 0.29) is 0 Å². The third-order valence-electron chi connectivity index (χ3n) is 5.45. The van der Waals surface area contributed by atoms with Crippen LogP contribution in [-0.4, -0.2) is 27.3 Å². The highest BCUT2D eigenvalue weighted by atomic mass is 16.5. The van der Waals surface area contributed by atoms with Gasteiger partial charge in [-0.2, -0.15) is 0 Å². The summed E-state index contributed by atoms with van der Waals surface area (Å²) in [7, 11) is 3.37. The molecule has 0 unspecified atom stereocenters. The highest BCUT2D eigenvalue weighted by Crippen LogP contribution is 2.16. The van der Waals surface area contributed by atoms with Crippen molar-refractivity contribution < 1.29 is 19.4 Å². The van der Waals surface area contributed by atoms with E-state index >= 15 is 0 Å². The van der Waals surface area contributed by atoms with Gasteiger partial charge in [-0.1, -0.05) is 36.4 Å². The molecule has 0 amide bonds. The minimum absolute atomic E-state index is 0.808. The molecular weight excluding hydrogens is 400 g/mol. The van der Waals surface area contributed by atoms with Crippen LogP contribution >= 0.6 is 0 Å². The van der Waals surface area contributed by atoms with Gasteiger partial charge < -0.3 is 9.47 Å². The summed E-state index contributed by atoms with van der Waals surface area (Å²) in [6.07, 6.45) is 1.83. The van der Waals surface area contributed by atoms with Crippen LogP contribution in [0.1, 0.15) is 11.1 Å². The number of anilines is 2. The molecule has 4 rings (SSSR count). The fraction of sp³-hybridized carbons (Fsp3) is 0.231. The van der Waals surface area contributed by atoms with Crippen molar-refractivity contribution in [2.75, 3.05) is 37.9 Å². The second kappa shape index (κ2) is 10.5. The average Bonchev–Trinajstić information content (AvgIpc) is 2.85. The molecule has 0 aliphatic heterocycles. The van der Waals surface area contributed by atoms with E-state index in [1.165, 1.54) is 11.1 Å². The molecule has 6 nitrogen and oxygen atoms in total. The number of para-hydroxylation sites is 2. The predicted octanol–water partition coefficient (Wildman–Crippen LogP) is 3.79. The van der Waals surface area contributed by atoms with E-state index in [0.29, 0.717) is 0 Å². The lowest BCUT2D eigenvalue weighted by molar-refractivity contribution is -0.381. The Morgan fingerprint density at radius 2 is 1.00 bits per heavy atom. The lowest BCUT2D eigenvalue weighted by atomic mass is 10.1. The summed E-state index contributed by atoms with van der Waals surface area (Å²) < 4.78 is 10.5. The summed E-state index contributed by atoms with van der Waals surface area (Å²) in [5.41, 5.74) is 4.63. The van der Waals surface area contributed by atoms with E-state index in [1.54, 1.807) is 14.2 Å². The molecule has 6 heteroatoms. The Morgan fingerprint density at radius 1 is 0.594 bits per heavy atom. The Bertz CT molecular complexity index is 1050. The van der Waals surface area contributed by atoms with Gasteiger partial charge in [0.1, 0.15) is 11.5 Å².